The van der Waals surface area contributed by atoms with Gasteiger partial charge in [-0.3, -0.25) is 0 Å². The molecule has 3 heteroatoms. The van der Waals surface area contributed by atoms with Gasteiger partial charge in [-0.2, -0.15) is 0 Å². The van der Waals surface area contributed by atoms with E-state index < -0.39 is 0 Å². The van der Waals surface area contributed by atoms with Crippen LogP contribution in [0.15, 0.2) is 0 Å². The third kappa shape index (κ3) is 9.65. The van der Waals surface area contributed by atoms with Crippen LogP contribution in [0, 0.1) is 5.41 Å². The second-order valence-electron chi connectivity index (χ2n) is 8.89. The van der Waals surface area contributed by atoms with E-state index in [1.54, 1.807) is 0 Å². The normalized spacial score (nSPS) is 19.4. The zero-order valence-corrected chi connectivity index (χ0v) is 19.1. The van der Waals surface area contributed by atoms with Crippen LogP contribution in [0.4, 0.5) is 0 Å². The molecular weight excluding hydrogens is 318 g/mol. The summed E-state index contributed by atoms with van der Waals surface area (Å²) in [6.45, 7) is 23.6. The van der Waals surface area contributed by atoms with Crippen molar-refractivity contribution < 1.29 is 0 Å². The maximum atomic E-state index is 3.67. The van der Waals surface area contributed by atoms with E-state index in [4.69, 9.17) is 0 Å². The van der Waals surface area contributed by atoms with Gasteiger partial charge >= 0.3 is 0 Å². The monoisotopic (exact) mass is 361 g/mol. The van der Waals surface area contributed by atoms with Gasteiger partial charge in [0.1, 0.15) is 0 Å². The fourth-order valence-electron chi connectivity index (χ4n) is 3.06. The molecule has 0 aliphatic rings. The Morgan fingerprint density at radius 3 is 1.65 bits per heavy atom. The Hall–Kier alpha value is 0.660. The van der Waals surface area contributed by atoms with E-state index in [1.807, 2.05) is 0 Å². The topological polar surface area (TPSA) is 12.0 Å². The molecule has 0 saturated heterocycles. The Morgan fingerprint density at radius 2 is 1.26 bits per heavy atom. The summed E-state index contributed by atoms with van der Waals surface area (Å²) in [6.07, 6.45) is 6.26. The predicted molar refractivity (Wildman–Crippen MR) is 114 cm³/mol. The number of hydrogen-bond donors (Lipinski definition) is 1. The van der Waals surface area contributed by atoms with Crippen molar-refractivity contribution in [2.45, 2.75) is 123 Å². The molecule has 0 aromatic heterocycles. The highest BCUT2D eigenvalue weighted by molar-refractivity contribution is 8.77. The first-order chi connectivity index (χ1) is 10.4. The van der Waals surface area contributed by atoms with Crippen LogP contribution >= 0.6 is 21.6 Å². The van der Waals surface area contributed by atoms with Gasteiger partial charge < -0.3 is 5.32 Å². The second kappa shape index (κ2) is 9.97. The Balaban J connectivity index is 4.77. The number of hydrogen-bond acceptors (Lipinski definition) is 3. The van der Waals surface area contributed by atoms with E-state index in [2.05, 4.69) is 96.1 Å². The van der Waals surface area contributed by atoms with Crippen LogP contribution < -0.4 is 5.32 Å². The molecule has 0 aromatic carbocycles. The number of rotatable bonds is 12. The van der Waals surface area contributed by atoms with E-state index >= 15 is 0 Å². The molecule has 0 rings (SSSR count). The van der Waals surface area contributed by atoms with Crippen molar-refractivity contribution in [3.8, 4) is 0 Å². The van der Waals surface area contributed by atoms with Crippen molar-refractivity contribution in [1.82, 2.24) is 5.32 Å². The van der Waals surface area contributed by atoms with Crippen molar-refractivity contribution in [2.75, 3.05) is 0 Å². The molecular formula is C20H43NS2. The highest BCUT2D eigenvalue weighted by Crippen LogP contribution is 2.52. The second-order valence-corrected chi connectivity index (χ2v) is 12.2. The van der Waals surface area contributed by atoms with Gasteiger partial charge in [-0.1, -0.05) is 76.5 Å². The molecule has 0 saturated carbocycles. The molecule has 0 aromatic rings. The highest BCUT2D eigenvalue weighted by Gasteiger charge is 2.35. The molecule has 0 spiro atoms. The highest BCUT2D eigenvalue weighted by atomic mass is 33.1. The van der Waals surface area contributed by atoms with Crippen molar-refractivity contribution in [3.05, 3.63) is 0 Å². The Bertz CT molecular complexity index is 330. The van der Waals surface area contributed by atoms with Crippen molar-refractivity contribution in [1.29, 1.82) is 0 Å². The van der Waals surface area contributed by atoms with Crippen LogP contribution in [0.25, 0.3) is 0 Å². The Morgan fingerprint density at radius 1 is 0.783 bits per heavy atom. The maximum absolute atomic E-state index is 3.67. The van der Waals surface area contributed by atoms with Gasteiger partial charge in [0, 0.05) is 21.6 Å². The molecule has 0 fully saturated rings. The molecule has 3 atom stereocenters. The smallest absolute Gasteiger partial charge is 0.0247 e. The molecule has 0 aliphatic carbocycles. The van der Waals surface area contributed by atoms with Crippen LogP contribution in [0.3, 0.4) is 0 Å². The van der Waals surface area contributed by atoms with Gasteiger partial charge in [0.2, 0.25) is 0 Å². The van der Waals surface area contributed by atoms with Gasteiger partial charge in [-0.05, 0) is 51.9 Å². The molecule has 23 heavy (non-hydrogen) atoms. The minimum atomic E-state index is 0.346. The lowest BCUT2D eigenvalue weighted by Gasteiger charge is -2.39. The lowest BCUT2D eigenvalue weighted by molar-refractivity contribution is 0.282. The molecule has 1 N–H and O–H groups in total. The summed E-state index contributed by atoms with van der Waals surface area (Å²) in [5, 5.41) is 3.67. The lowest BCUT2D eigenvalue weighted by atomic mass is 9.80. The Labute approximate surface area is 155 Å². The minimum Gasteiger partial charge on any atom is -0.312 e. The average Bonchev–Trinajstić information content (AvgIpc) is 2.44. The van der Waals surface area contributed by atoms with Crippen molar-refractivity contribution in [2.24, 2.45) is 5.41 Å². The molecule has 3 unspecified atom stereocenters. The molecule has 0 amide bonds. The minimum absolute atomic E-state index is 0.346. The summed E-state index contributed by atoms with van der Waals surface area (Å²) >= 11 is 0. The first-order valence-corrected chi connectivity index (χ1v) is 11.7. The maximum Gasteiger partial charge on any atom is 0.0247 e. The summed E-state index contributed by atoms with van der Waals surface area (Å²) in [5.41, 5.74) is 0.438. The van der Waals surface area contributed by atoms with Crippen LogP contribution in [-0.4, -0.2) is 21.6 Å². The quantitative estimate of drug-likeness (QED) is 0.366. The summed E-state index contributed by atoms with van der Waals surface area (Å²) in [5.74, 6) is 0. The van der Waals surface area contributed by atoms with E-state index in [0.29, 0.717) is 27.0 Å². The summed E-state index contributed by atoms with van der Waals surface area (Å²) in [4.78, 5) is 0. The summed E-state index contributed by atoms with van der Waals surface area (Å²) < 4.78 is 0.716. The van der Waals surface area contributed by atoms with Gasteiger partial charge in [0.05, 0.1) is 0 Å². The van der Waals surface area contributed by atoms with E-state index in [1.165, 1.54) is 32.1 Å². The van der Waals surface area contributed by atoms with Gasteiger partial charge in [0.15, 0.2) is 0 Å². The molecule has 0 heterocycles. The molecule has 1 nitrogen and oxygen atoms in total. The van der Waals surface area contributed by atoms with Crippen LogP contribution in [-0.2, 0) is 0 Å². The van der Waals surface area contributed by atoms with Gasteiger partial charge in [0.25, 0.3) is 0 Å². The zero-order valence-electron chi connectivity index (χ0n) is 17.5. The Kier molecular flexibility index (Phi) is 10.3. The molecule has 0 bridgehead atoms. The third-order valence-corrected chi connectivity index (χ3v) is 9.55. The van der Waals surface area contributed by atoms with E-state index in [9.17, 15) is 0 Å². The first kappa shape index (κ1) is 23.7. The standard InChI is InChI=1S/C20H43NS2/c1-11-18(7,8)15-20(10,13-3)23-22-19(9,12-2)14-17(6)21-16(4)5/h16-17,21H,11-15H2,1-10H3. The van der Waals surface area contributed by atoms with E-state index in [-0.39, 0.29) is 0 Å². The number of nitrogens with one attached hydrogen (secondary N) is 1. The van der Waals surface area contributed by atoms with Crippen molar-refractivity contribution >= 4 is 21.6 Å². The third-order valence-electron chi connectivity index (χ3n) is 5.11. The summed E-state index contributed by atoms with van der Waals surface area (Å²) in [7, 11) is 4.29. The SMILES string of the molecule is CCC(C)(C)CC(C)(CC)SSC(C)(CC)CC(C)NC(C)C. The first-order valence-electron chi connectivity index (χ1n) is 9.54. The molecule has 140 valence electrons. The predicted octanol–water partition coefficient (Wildman–Crippen LogP) is 7.31. The largest absolute Gasteiger partial charge is 0.312 e. The molecule has 0 aliphatic heterocycles. The van der Waals surface area contributed by atoms with Crippen molar-refractivity contribution in [3.63, 3.8) is 0 Å². The fourth-order valence-corrected chi connectivity index (χ4v) is 6.77. The fraction of sp³-hybridized carbons (Fsp3) is 1.00. The van der Waals surface area contributed by atoms with E-state index in [0.717, 1.165) is 0 Å². The summed E-state index contributed by atoms with van der Waals surface area (Å²) in [6, 6.07) is 1.14. The lowest BCUT2D eigenvalue weighted by Crippen LogP contribution is -2.38. The van der Waals surface area contributed by atoms with Crippen LogP contribution in [0.1, 0.15) is 101 Å². The van der Waals surface area contributed by atoms with Gasteiger partial charge in [-0.15, -0.1) is 0 Å². The molecule has 0 radical (unpaired) electrons. The average molecular weight is 362 g/mol. The van der Waals surface area contributed by atoms with Gasteiger partial charge in [-0.25, -0.2) is 0 Å². The van der Waals surface area contributed by atoms with Crippen LogP contribution in [0.5, 0.6) is 0 Å². The zero-order chi connectivity index (χ0) is 18.3. The van der Waals surface area contributed by atoms with Crippen LogP contribution in [0.2, 0.25) is 0 Å².